The first-order chi connectivity index (χ1) is 17.2. The van der Waals surface area contributed by atoms with Gasteiger partial charge in [0.05, 0.1) is 17.7 Å². The second kappa shape index (κ2) is 10.2. The minimum atomic E-state index is -0.915. The molecule has 0 unspecified atom stereocenters. The van der Waals surface area contributed by atoms with Gasteiger partial charge in [-0.1, -0.05) is 34.5 Å². The Balaban J connectivity index is 1.51. The Morgan fingerprint density at radius 3 is 2.62 bits per heavy atom. The first kappa shape index (κ1) is 27.3. The molecule has 3 heterocycles. The molecule has 1 amide bonds. The molecule has 1 atom stereocenters. The van der Waals surface area contributed by atoms with E-state index in [0.29, 0.717) is 21.1 Å². The average Bonchev–Trinajstić information content (AvgIpc) is 3.36. The lowest BCUT2D eigenvalue weighted by atomic mass is 10.2. The van der Waals surface area contributed by atoms with Crippen molar-refractivity contribution >= 4 is 40.6 Å². The lowest BCUT2D eigenvalue weighted by molar-refractivity contribution is -0.0637. The molecule has 3 aromatic rings. The van der Waals surface area contributed by atoms with E-state index in [-0.39, 0.29) is 35.0 Å². The SMILES string of the molecule is CC(C)(C)OC(=O)N1[C@@H](COc2cc(Cl)c(-c3nnc(-c4cc(O)nc(Cl)c4)s3)cc2F)COC1(C)C. The van der Waals surface area contributed by atoms with Gasteiger partial charge >= 0.3 is 6.09 Å². The predicted molar refractivity (Wildman–Crippen MR) is 138 cm³/mol. The van der Waals surface area contributed by atoms with Crippen LogP contribution in [0, 0.1) is 5.82 Å². The zero-order valence-electron chi connectivity index (χ0n) is 20.7. The zero-order valence-corrected chi connectivity index (χ0v) is 23.0. The summed E-state index contributed by atoms with van der Waals surface area (Å²) in [5, 5.41) is 19.0. The molecule has 2 aromatic heterocycles. The summed E-state index contributed by atoms with van der Waals surface area (Å²) >= 11 is 13.5. The van der Waals surface area contributed by atoms with Gasteiger partial charge in [-0.3, -0.25) is 4.90 Å². The van der Waals surface area contributed by atoms with Crippen LogP contribution in [0.5, 0.6) is 11.6 Å². The average molecular weight is 571 g/mol. The third-order valence-corrected chi connectivity index (χ3v) is 6.81. The predicted octanol–water partition coefficient (Wildman–Crippen LogP) is 6.17. The van der Waals surface area contributed by atoms with Crippen LogP contribution in [0.15, 0.2) is 24.3 Å². The third-order valence-electron chi connectivity index (χ3n) is 5.30. The van der Waals surface area contributed by atoms with Crippen molar-refractivity contribution in [2.24, 2.45) is 0 Å². The highest BCUT2D eigenvalue weighted by atomic mass is 35.5. The summed E-state index contributed by atoms with van der Waals surface area (Å²) in [6.07, 6.45) is -0.548. The number of hydrogen-bond donors (Lipinski definition) is 1. The second-order valence-corrected chi connectivity index (χ2v) is 11.6. The number of aromatic nitrogens is 3. The van der Waals surface area contributed by atoms with Crippen LogP contribution in [-0.2, 0) is 9.47 Å². The summed E-state index contributed by atoms with van der Waals surface area (Å²) in [6.45, 7) is 8.98. The van der Waals surface area contributed by atoms with Crippen LogP contribution in [0.25, 0.3) is 21.1 Å². The molecule has 0 radical (unpaired) electrons. The maximum atomic E-state index is 15.0. The Hall–Kier alpha value is -2.73. The van der Waals surface area contributed by atoms with Gasteiger partial charge in [0, 0.05) is 23.3 Å². The highest BCUT2D eigenvalue weighted by Crippen LogP contribution is 2.38. The standard InChI is InChI=1S/C24H25Cl2FN4O5S/c1-23(2,3)36-22(33)31-13(11-35-24(31,4)5)10-34-17-9-15(25)14(8-16(17)27)21-30-29-20(37-21)12-6-18(26)28-19(32)7-12/h6-9,13H,10-11H2,1-5H3,(H,28,32)/t13-/m0/s1. The van der Waals surface area contributed by atoms with Crippen LogP contribution < -0.4 is 4.74 Å². The maximum absolute atomic E-state index is 15.0. The van der Waals surface area contributed by atoms with Gasteiger partial charge in [-0.2, -0.15) is 0 Å². The second-order valence-electron chi connectivity index (χ2n) is 9.78. The van der Waals surface area contributed by atoms with Crippen LogP contribution in [0.2, 0.25) is 10.2 Å². The Labute approximate surface area is 227 Å². The Morgan fingerprint density at radius 1 is 1.24 bits per heavy atom. The van der Waals surface area contributed by atoms with E-state index in [1.165, 1.54) is 29.2 Å². The molecule has 198 valence electrons. The number of ether oxygens (including phenoxy) is 3. The van der Waals surface area contributed by atoms with Crippen LogP contribution in [0.3, 0.4) is 0 Å². The topological polar surface area (TPSA) is 107 Å². The number of carbonyl (C=O) groups excluding carboxylic acids is 1. The molecule has 0 spiro atoms. The number of pyridine rings is 1. The summed E-state index contributed by atoms with van der Waals surface area (Å²) in [5.74, 6) is -1.01. The quantitative estimate of drug-likeness (QED) is 0.363. The number of carbonyl (C=O) groups is 1. The molecule has 4 rings (SSSR count). The van der Waals surface area contributed by atoms with Crippen LogP contribution >= 0.6 is 34.5 Å². The molecule has 9 nitrogen and oxygen atoms in total. The Morgan fingerprint density at radius 2 is 1.95 bits per heavy atom. The van der Waals surface area contributed by atoms with Crippen molar-refractivity contribution in [3.63, 3.8) is 0 Å². The number of aromatic hydroxyl groups is 1. The van der Waals surface area contributed by atoms with Crippen molar-refractivity contribution in [1.29, 1.82) is 0 Å². The van der Waals surface area contributed by atoms with Crippen molar-refractivity contribution in [3.8, 4) is 32.8 Å². The molecule has 13 heteroatoms. The summed E-state index contributed by atoms with van der Waals surface area (Å²) < 4.78 is 32.0. The van der Waals surface area contributed by atoms with Gasteiger partial charge in [-0.15, -0.1) is 10.2 Å². The molecule has 1 aliphatic rings. The molecule has 0 saturated carbocycles. The first-order valence-corrected chi connectivity index (χ1v) is 12.8. The minimum absolute atomic E-state index is 0.0372. The number of hydrogen-bond acceptors (Lipinski definition) is 9. The van der Waals surface area contributed by atoms with Crippen LogP contribution in [0.1, 0.15) is 34.6 Å². The largest absolute Gasteiger partial charge is 0.493 e. The monoisotopic (exact) mass is 570 g/mol. The van der Waals surface area contributed by atoms with E-state index in [0.717, 1.165) is 11.3 Å². The fraction of sp³-hybridized carbons (Fsp3) is 0.417. The van der Waals surface area contributed by atoms with Gasteiger partial charge in [0.25, 0.3) is 0 Å². The number of benzene rings is 1. The van der Waals surface area contributed by atoms with Crippen LogP contribution in [-0.4, -0.2) is 61.9 Å². The highest BCUT2D eigenvalue weighted by Gasteiger charge is 2.46. The summed E-state index contributed by atoms with van der Waals surface area (Å²) in [6, 6.07) is 4.97. The smallest absolute Gasteiger partial charge is 0.413 e. The first-order valence-electron chi connectivity index (χ1n) is 11.2. The van der Waals surface area contributed by atoms with Crippen molar-refractivity contribution < 1.29 is 28.5 Å². The van der Waals surface area contributed by atoms with Gasteiger partial charge in [-0.25, -0.2) is 14.2 Å². The molecule has 1 aromatic carbocycles. The molecular formula is C24H25Cl2FN4O5S. The van der Waals surface area contributed by atoms with E-state index in [2.05, 4.69) is 15.2 Å². The van der Waals surface area contributed by atoms with E-state index in [4.69, 9.17) is 37.4 Å². The number of nitrogens with zero attached hydrogens (tertiary/aromatic N) is 4. The summed E-state index contributed by atoms with van der Waals surface area (Å²) in [5.41, 5.74) is -0.776. The summed E-state index contributed by atoms with van der Waals surface area (Å²) in [4.78, 5) is 18.0. The number of halogens is 3. The molecule has 1 saturated heterocycles. The zero-order chi connectivity index (χ0) is 27.1. The number of amides is 1. The Kier molecular flexibility index (Phi) is 7.53. The van der Waals surface area contributed by atoms with Crippen molar-refractivity contribution in [3.05, 3.63) is 40.3 Å². The van der Waals surface area contributed by atoms with Crippen molar-refractivity contribution in [1.82, 2.24) is 20.1 Å². The van der Waals surface area contributed by atoms with Gasteiger partial charge in [-0.05, 0) is 46.8 Å². The third kappa shape index (κ3) is 6.23. The van der Waals surface area contributed by atoms with Gasteiger partial charge in [0.1, 0.15) is 33.1 Å². The van der Waals surface area contributed by atoms with Gasteiger partial charge < -0.3 is 19.3 Å². The molecule has 1 N–H and O–H groups in total. The fourth-order valence-corrected chi connectivity index (χ4v) is 5.10. The van der Waals surface area contributed by atoms with Gasteiger partial charge in [0.15, 0.2) is 11.6 Å². The fourth-order valence-electron chi connectivity index (χ4n) is 3.73. The normalized spacial score (nSPS) is 17.2. The molecule has 37 heavy (non-hydrogen) atoms. The Bertz CT molecular complexity index is 1310. The minimum Gasteiger partial charge on any atom is -0.493 e. The molecule has 0 bridgehead atoms. The van der Waals surface area contributed by atoms with E-state index in [1.54, 1.807) is 34.6 Å². The van der Waals surface area contributed by atoms with Crippen LogP contribution in [0.4, 0.5) is 9.18 Å². The molecule has 1 fully saturated rings. The lowest BCUT2D eigenvalue weighted by Gasteiger charge is -2.35. The van der Waals surface area contributed by atoms with E-state index in [1.807, 2.05) is 0 Å². The number of rotatable bonds is 5. The highest BCUT2D eigenvalue weighted by molar-refractivity contribution is 7.18. The van der Waals surface area contributed by atoms with E-state index in [9.17, 15) is 9.90 Å². The lowest BCUT2D eigenvalue weighted by Crippen LogP contribution is -2.51. The molecule has 0 aliphatic carbocycles. The van der Waals surface area contributed by atoms with Crippen molar-refractivity contribution in [2.75, 3.05) is 13.2 Å². The summed E-state index contributed by atoms with van der Waals surface area (Å²) in [7, 11) is 0. The molecule has 1 aliphatic heterocycles. The molecular weight excluding hydrogens is 546 g/mol. The van der Waals surface area contributed by atoms with Gasteiger partial charge in [0.2, 0.25) is 5.88 Å². The van der Waals surface area contributed by atoms with Crippen molar-refractivity contribution in [2.45, 2.75) is 52.0 Å². The maximum Gasteiger partial charge on any atom is 0.413 e. The van der Waals surface area contributed by atoms with E-state index < -0.39 is 29.3 Å². The van der Waals surface area contributed by atoms with E-state index >= 15 is 4.39 Å².